The van der Waals surface area contributed by atoms with Crippen LogP contribution in [0.1, 0.15) is 21.5 Å². The monoisotopic (exact) mass is 234 g/mol. The molecule has 0 saturated heterocycles. The van der Waals surface area contributed by atoms with E-state index in [1.807, 2.05) is 0 Å². The second kappa shape index (κ2) is 4.52. The van der Waals surface area contributed by atoms with Crippen LogP contribution in [0, 0.1) is 0 Å². The van der Waals surface area contributed by atoms with Crippen LogP contribution in [0.15, 0.2) is 18.2 Å². The van der Waals surface area contributed by atoms with Gasteiger partial charge in [0.2, 0.25) is 0 Å². The van der Waals surface area contributed by atoms with E-state index in [1.165, 1.54) is 7.11 Å². The molecule has 1 aromatic rings. The summed E-state index contributed by atoms with van der Waals surface area (Å²) in [4.78, 5) is 10.6. The van der Waals surface area contributed by atoms with Crippen LogP contribution in [0.5, 0.6) is 0 Å². The van der Waals surface area contributed by atoms with Crippen molar-refractivity contribution in [1.82, 2.24) is 0 Å². The summed E-state index contributed by atoms with van der Waals surface area (Å²) in [7, 11) is 1.27. The van der Waals surface area contributed by atoms with Gasteiger partial charge in [-0.25, -0.2) is 4.79 Å². The van der Waals surface area contributed by atoms with Crippen LogP contribution < -0.4 is 0 Å². The summed E-state index contributed by atoms with van der Waals surface area (Å²) >= 11 is 0. The third-order valence-electron chi connectivity index (χ3n) is 1.96. The van der Waals surface area contributed by atoms with Crippen LogP contribution in [0.25, 0.3) is 0 Å². The highest BCUT2D eigenvalue weighted by Gasteiger charge is 2.33. The highest BCUT2D eigenvalue weighted by molar-refractivity contribution is 5.87. The number of carboxylic acid groups (broad SMARTS) is 1. The average molecular weight is 234 g/mol. The van der Waals surface area contributed by atoms with E-state index in [0.29, 0.717) is 6.07 Å². The fourth-order valence-corrected chi connectivity index (χ4v) is 1.25. The summed E-state index contributed by atoms with van der Waals surface area (Å²) in [6.45, 7) is -0.214. The lowest BCUT2D eigenvalue weighted by Crippen LogP contribution is -2.11. The predicted octanol–water partition coefficient (Wildman–Crippen LogP) is 2.55. The van der Waals surface area contributed by atoms with Crippen LogP contribution in [-0.4, -0.2) is 18.2 Å². The number of hydrogen-bond donors (Lipinski definition) is 1. The summed E-state index contributed by atoms with van der Waals surface area (Å²) in [5, 5.41) is 8.60. The molecule has 1 aromatic carbocycles. The van der Waals surface area contributed by atoms with E-state index in [-0.39, 0.29) is 12.2 Å². The lowest BCUT2D eigenvalue weighted by atomic mass is 10.0. The van der Waals surface area contributed by atoms with E-state index in [0.717, 1.165) is 12.1 Å². The lowest BCUT2D eigenvalue weighted by Gasteiger charge is -2.12. The van der Waals surface area contributed by atoms with Gasteiger partial charge in [0.25, 0.3) is 0 Å². The van der Waals surface area contributed by atoms with Crippen molar-refractivity contribution in [2.75, 3.05) is 7.11 Å². The topological polar surface area (TPSA) is 46.5 Å². The van der Waals surface area contributed by atoms with Crippen LogP contribution in [-0.2, 0) is 17.5 Å². The molecule has 0 fully saturated rings. The first kappa shape index (κ1) is 12.5. The molecule has 3 nitrogen and oxygen atoms in total. The second-order valence-electron chi connectivity index (χ2n) is 3.11. The maximum Gasteiger partial charge on any atom is 0.416 e. The predicted molar refractivity (Wildman–Crippen MR) is 49.1 cm³/mol. The molecule has 1 rings (SSSR count). The van der Waals surface area contributed by atoms with Crippen molar-refractivity contribution >= 4 is 5.97 Å². The Morgan fingerprint density at radius 3 is 2.50 bits per heavy atom. The number of alkyl halides is 3. The number of halogens is 3. The molecule has 88 valence electrons. The molecule has 0 atom stereocenters. The molecule has 0 spiro atoms. The van der Waals surface area contributed by atoms with Crippen molar-refractivity contribution in [3.05, 3.63) is 34.9 Å². The first-order chi connectivity index (χ1) is 7.36. The van der Waals surface area contributed by atoms with Gasteiger partial charge in [-0.05, 0) is 17.7 Å². The van der Waals surface area contributed by atoms with Gasteiger partial charge < -0.3 is 9.84 Å². The Balaban J connectivity index is 3.27. The van der Waals surface area contributed by atoms with Gasteiger partial charge in [-0.1, -0.05) is 6.07 Å². The van der Waals surface area contributed by atoms with Gasteiger partial charge >= 0.3 is 12.1 Å². The van der Waals surface area contributed by atoms with Crippen molar-refractivity contribution in [3.63, 3.8) is 0 Å². The van der Waals surface area contributed by atoms with Gasteiger partial charge in [0.05, 0.1) is 17.7 Å². The largest absolute Gasteiger partial charge is 0.478 e. The van der Waals surface area contributed by atoms with Gasteiger partial charge in [0.1, 0.15) is 0 Å². The van der Waals surface area contributed by atoms with Gasteiger partial charge in [0, 0.05) is 7.11 Å². The number of methoxy groups -OCH3 is 1. The maximum absolute atomic E-state index is 12.6. The van der Waals surface area contributed by atoms with Crippen LogP contribution in [0.4, 0.5) is 13.2 Å². The Bertz CT molecular complexity index is 399. The van der Waals surface area contributed by atoms with Crippen LogP contribution in [0.2, 0.25) is 0 Å². The molecule has 16 heavy (non-hydrogen) atoms. The fourth-order valence-electron chi connectivity index (χ4n) is 1.25. The highest BCUT2D eigenvalue weighted by atomic mass is 19.4. The molecule has 0 aliphatic heterocycles. The van der Waals surface area contributed by atoms with Crippen molar-refractivity contribution < 1.29 is 27.8 Å². The Kier molecular flexibility index (Phi) is 3.54. The highest BCUT2D eigenvalue weighted by Crippen LogP contribution is 2.33. The molecule has 0 unspecified atom stereocenters. The van der Waals surface area contributed by atoms with E-state index in [2.05, 4.69) is 4.74 Å². The number of carbonyl (C=O) groups is 1. The summed E-state index contributed by atoms with van der Waals surface area (Å²) in [6, 6.07) is 2.83. The standard InChI is InChI=1S/C10H9F3O3/c1-16-5-7-3-2-6(9(14)15)4-8(7)10(11,12)13/h2-4H,5H2,1H3,(H,14,15). The smallest absolute Gasteiger partial charge is 0.416 e. The van der Waals surface area contributed by atoms with E-state index in [4.69, 9.17) is 5.11 Å². The zero-order chi connectivity index (χ0) is 12.3. The minimum atomic E-state index is -4.58. The molecule has 0 aromatic heterocycles. The molecular weight excluding hydrogens is 225 g/mol. The van der Waals surface area contributed by atoms with Crippen LogP contribution >= 0.6 is 0 Å². The molecule has 0 amide bonds. The number of ether oxygens (including phenoxy) is 1. The second-order valence-corrected chi connectivity index (χ2v) is 3.11. The summed E-state index contributed by atoms with van der Waals surface area (Å²) < 4.78 is 42.3. The minimum absolute atomic E-state index is 0.0833. The third-order valence-corrected chi connectivity index (χ3v) is 1.96. The zero-order valence-electron chi connectivity index (χ0n) is 8.34. The lowest BCUT2D eigenvalue weighted by molar-refractivity contribution is -0.138. The Morgan fingerprint density at radius 2 is 2.06 bits per heavy atom. The average Bonchev–Trinajstić information content (AvgIpc) is 2.16. The Hall–Kier alpha value is -1.56. The normalized spacial score (nSPS) is 11.5. The van der Waals surface area contributed by atoms with Crippen molar-refractivity contribution in [2.45, 2.75) is 12.8 Å². The van der Waals surface area contributed by atoms with Gasteiger partial charge in [-0.3, -0.25) is 0 Å². The van der Waals surface area contributed by atoms with Gasteiger partial charge in [-0.2, -0.15) is 13.2 Å². The summed E-state index contributed by atoms with van der Waals surface area (Å²) in [5.74, 6) is -1.39. The summed E-state index contributed by atoms with van der Waals surface area (Å²) in [6.07, 6.45) is -4.58. The van der Waals surface area contributed by atoms with Crippen LogP contribution in [0.3, 0.4) is 0 Å². The number of hydrogen-bond acceptors (Lipinski definition) is 2. The SMILES string of the molecule is COCc1ccc(C(=O)O)cc1C(F)(F)F. The molecule has 0 radical (unpaired) electrons. The molecular formula is C10H9F3O3. The number of benzene rings is 1. The van der Waals surface area contributed by atoms with Gasteiger partial charge in [-0.15, -0.1) is 0 Å². The van der Waals surface area contributed by atoms with E-state index >= 15 is 0 Å². The molecule has 0 aliphatic carbocycles. The van der Waals surface area contributed by atoms with Crippen molar-refractivity contribution in [2.24, 2.45) is 0 Å². The first-order valence-electron chi connectivity index (χ1n) is 4.28. The Labute approximate surface area is 89.5 Å². The van der Waals surface area contributed by atoms with E-state index < -0.39 is 23.3 Å². The molecule has 1 N–H and O–H groups in total. The van der Waals surface area contributed by atoms with E-state index in [9.17, 15) is 18.0 Å². The molecule has 0 aliphatic rings. The quantitative estimate of drug-likeness (QED) is 0.874. The number of rotatable bonds is 3. The zero-order valence-corrected chi connectivity index (χ0v) is 8.34. The molecule has 0 bridgehead atoms. The first-order valence-corrected chi connectivity index (χ1v) is 4.28. The van der Waals surface area contributed by atoms with Crippen molar-refractivity contribution in [3.8, 4) is 0 Å². The Morgan fingerprint density at radius 1 is 1.44 bits per heavy atom. The third kappa shape index (κ3) is 2.73. The summed E-state index contributed by atoms with van der Waals surface area (Å²) in [5.41, 5.74) is -1.46. The van der Waals surface area contributed by atoms with Gasteiger partial charge in [0.15, 0.2) is 0 Å². The fraction of sp³-hybridized carbons (Fsp3) is 0.300. The molecule has 0 saturated carbocycles. The van der Waals surface area contributed by atoms with Crippen molar-refractivity contribution in [1.29, 1.82) is 0 Å². The minimum Gasteiger partial charge on any atom is -0.478 e. The van der Waals surface area contributed by atoms with E-state index in [1.54, 1.807) is 0 Å². The molecule has 0 heterocycles. The number of carboxylic acids is 1. The molecule has 6 heteroatoms. The maximum atomic E-state index is 12.6. The number of aromatic carboxylic acids is 1.